The number of aryl methyl sites for hydroxylation is 2. The first-order valence-electron chi connectivity index (χ1n) is 6.06. The molecule has 0 radical (unpaired) electrons. The van der Waals surface area contributed by atoms with E-state index < -0.39 is 6.17 Å². The van der Waals surface area contributed by atoms with E-state index in [2.05, 4.69) is 4.98 Å². The molecule has 0 fully saturated rings. The minimum Gasteiger partial charge on any atom is -0.332 e. The van der Waals surface area contributed by atoms with Gasteiger partial charge in [-0.15, -0.1) is 0 Å². The summed E-state index contributed by atoms with van der Waals surface area (Å²) in [6.45, 7) is 2.30. The number of nitrogens with zero attached hydrogens (tertiary/aromatic N) is 2. The second kappa shape index (κ2) is 6.01. The van der Waals surface area contributed by atoms with E-state index in [0.717, 1.165) is 24.4 Å². The SMILES string of the molecule is CC(F)c1nccn1CCCc1ccc(Cl)cc1. The molecule has 4 heteroatoms. The van der Waals surface area contributed by atoms with Gasteiger partial charge in [0.25, 0.3) is 0 Å². The molecule has 2 rings (SSSR count). The Morgan fingerprint density at radius 1 is 1.33 bits per heavy atom. The van der Waals surface area contributed by atoms with Crippen LogP contribution in [0.3, 0.4) is 0 Å². The lowest BCUT2D eigenvalue weighted by Gasteiger charge is -2.08. The van der Waals surface area contributed by atoms with E-state index in [1.54, 1.807) is 6.20 Å². The van der Waals surface area contributed by atoms with Crippen LogP contribution in [0.1, 0.15) is 30.9 Å². The highest BCUT2D eigenvalue weighted by Gasteiger charge is 2.09. The van der Waals surface area contributed by atoms with Crippen LogP contribution in [-0.4, -0.2) is 9.55 Å². The van der Waals surface area contributed by atoms with Crippen LogP contribution in [-0.2, 0) is 13.0 Å². The summed E-state index contributed by atoms with van der Waals surface area (Å²) in [5, 5.41) is 0.752. The fourth-order valence-corrected chi connectivity index (χ4v) is 2.09. The molecule has 0 saturated carbocycles. The quantitative estimate of drug-likeness (QED) is 0.793. The van der Waals surface area contributed by atoms with Crippen molar-refractivity contribution >= 4 is 11.6 Å². The number of hydrogen-bond acceptors (Lipinski definition) is 1. The van der Waals surface area contributed by atoms with Gasteiger partial charge in [0.05, 0.1) is 0 Å². The molecule has 0 spiro atoms. The van der Waals surface area contributed by atoms with E-state index >= 15 is 0 Å². The summed E-state index contributed by atoms with van der Waals surface area (Å²) >= 11 is 5.83. The number of aromatic nitrogens is 2. The maximum Gasteiger partial charge on any atom is 0.155 e. The summed E-state index contributed by atoms with van der Waals surface area (Å²) in [4.78, 5) is 4.02. The van der Waals surface area contributed by atoms with Gasteiger partial charge in [0.2, 0.25) is 0 Å². The van der Waals surface area contributed by atoms with Crippen LogP contribution in [0.25, 0.3) is 0 Å². The Morgan fingerprint density at radius 3 is 2.72 bits per heavy atom. The van der Waals surface area contributed by atoms with E-state index in [4.69, 9.17) is 11.6 Å². The third kappa shape index (κ3) is 3.33. The topological polar surface area (TPSA) is 17.8 Å². The average Bonchev–Trinajstić information content (AvgIpc) is 2.80. The molecule has 1 atom stereocenters. The third-order valence-corrected chi connectivity index (χ3v) is 3.13. The van der Waals surface area contributed by atoms with Crippen LogP contribution < -0.4 is 0 Å². The Balaban J connectivity index is 1.88. The molecule has 2 aromatic rings. The van der Waals surface area contributed by atoms with E-state index in [9.17, 15) is 4.39 Å². The van der Waals surface area contributed by atoms with Crippen molar-refractivity contribution in [2.45, 2.75) is 32.5 Å². The molecule has 96 valence electrons. The molecule has 0 aliphatic heterocycles. The lowest BCUT2D eigenvalue weighted by atomic mass is 10.1. The third-order valence-electron chi connectivity index (χ3n) is 2.88. The fraction of sp³-hybridized carbons (Fsp3) is 0.357. The van der Waals surface area contributed by atoms with Crippen molar-refractivity contribution in [3.8, 4) is 0 Å². The zero-order chi connectivity index (χ0) is 13.0. The predicted octanol–water partition coefficient (Wildman–Crippen LogP) is 4.20. The van der Waals surface area contributed by atoms with Crippen molar-refractivity contribution in [3.63, 3.8) is 0 Å². The van der Waals surface area contributed by atoms with Crippen molar-refractivity contribution in [3.05, 3.63) is 53.1 Å². The summed E-state index contributed by atoms with van der Waals surface area (Å²) in [5.41, 5.74) is 1.24. The first kappa shape index (κ1) is 13.1. The molecule has 0 aliphatic carbocycles. The highest BCUT2D eigenvalue weighted by atomic mass is 35.5. The van der Waals surface area contributed by atoms with Gasteiger partial charge in [-0.1, -0.05) is 23.7 Å². The monoisotopic (exact) mass is 266 g/mol. The van der Waals surface area contributed by atoms with Gasteiger partial charge in [0.15, 0.2) is 6.17 Å². The van der Waals surface area contributed by atoms with Gasteiger partial charge in [-0.2, -0.15) is 0 Å². The second-order valence-corrected chi connectivity index (χ2v) is 4.76. The van der Waals surface area contributed by atoms with Gasteiger partial charge in [-0.3, -0.25) is 0 Å². The summed E-state index contributed by atoms with van der Waals surface area (Å²) in [5.74, 6) is 0.506. The molecule has 1 heterocycles. The number of benzene rings is 1. The minimum atomic E-state index is -1.02. The Hall–Kier alpha value is -1.35. The first-order chi connectivity index (χ1) is 8.66. The summed E-state index contributed by atoms with van der Waals surface area (Å²) in [7, 11) is 0. The molecule has 0 aliphatic rings. The van der Waals surface area contributed by atoms with Crippen molar-refractivity contribution in [1.29, 1.82) is 0 Å². The zero-order valence-corrected chi connectivity index (χ0v) is 11.1. The van der Waals surface area contributed by atoms with Gasteiger partial charge in [-0.25, -0.2) is 9.37 Å². The van der Waals surface area contributed by atoms with Crippen molar-refractivity contribution in [1.82, 2.24) is 9.55 Å². The smallest absolute Gasteiger partial charge is 0.155 e. The van der Waals surface area contributed by atoms with Crippen molar-refractivity contribution in [2.75, 3.05) is 0 Å². The molecule has 1 unspecified atom stereocenters. The number of rotatable bonds is 5. The molecule has 0 N–H and O–H groups in total. The molecule has 1 aromatic carbocycles. The van der Waals surface area contributed by atoms with E-state index in [1.807, 2.05) is 35.0 Å². The summed E-state index contributed by atoms with van der Waals surface area (Å²) < 4.78 is 15.1. The number of halogens is 2. The molecule has 0 saturated heterocycles. The maximum atomic E-state index is 13.2. The molecule has 18 heavy (non-hydrogen) atoms. The molecule has 0 amide bonds. The first-order valence-corrected chi connectivity index (χ1v) is 6.44. The van der Waals surface area contributed by atoms with Crippen molar-refractivity contribution < 1.29 is 4.39 Å². The van der Waals surface area contributed by atoms with E-state index in [0.29, 0.717) is 5.82 Å². The Bertz CT molecular complexity index is 491. The summed E-state index contributed by atoms with van der Waals surface area (Å²) in [6, 6.07) is 7.83. The zero-order valence-electron chi connectivity index (χ0n) is 10.3. The van der Waals surface area contributed by atoms with Crippen molar-refractivity contribution in [2.24, 2.45) is 0 Å². The summed E-state index contributed by atoms with van der Waals surface area (Å²) in [6.07, 6.45) is 4.37. The fourth-order valence-electron chi connectivity index (χ4n) is 1.97. The lowest BCUT2D eigenvalue weighted by Crippen LogP contribution is -2.05. The average molecular weight is 267 g/mol. The largest absolute Gasteiger partial charge is 0.332 e. The Kier molecular flexibility index (Phi) is 4.37. The number of alkyl halides is 1. The van der Waals surface area contributed by atoms with Crippen LogP contribution in [0.15, 0.2) is 36.7 Å². The van der Waals surface area contributed by atoms with Crippen LogP contribution in [0.2, 0.25) is 5.02 Å². The van der Waals surface area contributed by atoms with E-state index in [-0.39, 0.29) is 0 Å². The molecule has 2 nitrogen and oxygen atoms in total. The minimum absolute atomic E-state index is 0.506. The number of imidazole rings is 1. The molecular weight excluding hydrogens is 251 g/mol. The van der Waals surface area contributed by atoms with Gasteiger partial charge in [0, 0.05) is 24.0 Å². The van der Waals surface area contributed by atoms with Crippen LogP contribution in [0.5, 0.6) is 0 Å². The Morgan fingerprint density at radius 2 is 2.06 bits per heavy atom. The lowest BCUT2D eigenvalue weighted by molar-refractivity contribution is 0.343. The number of hydrogen-bond donors (Lipinski definition) is 0. The highest BCUT2D eigenvalue weighted by Crippen LogP contribution is 2.15. The van der Waals surface area contributed by atoms with Gasteiger partial charge >= 0.3 is 0 Å². The molecule has 1 aromatic heterocycles. The van der Waals surface area contributed by atoms with Crippen LogP contribution in [0.4, 0.5) is 4.39 Å². The van der Waals surface area contributed by atoms with Gasteiger partial charge in [-0.05, 0) is 37.5 Å². The van der Waals surface area contributed by atoms with Crippen LogP contribution >= 0.6 is 11.6 Å². The normalized spacial score (nSPS) is 12.6. The van der Waals surface area contributed by atoms with Gasteiger partial charge < -0.3 is 4.57 Å². The van der Waals surface area contributed by atoms with Gasteiger partial charge in [0.1, 0.15) is 5.82 Å². The molecule has 0 bridgehead atoms. The highest BCUT2D eigenvalue weighted by molar-refractivity contribution is 6.30. The second-order valence-electron chi connectivity index (χ2n) is 4.32. The predicted molar refractivity (Wildman–Crippen MR) is 71.5 cm³/mol. The maximum absolute atomic E-state index is 13.2. The van der Waals surface area contributed by atoms with Crippen LogP contribution in [0, 0.1) is 0 Å². The molecular formula is C14H16ClFN2. The van der Waals surface area contributed by atoms with E-state index in [1.165, 1.54) is 12.5 Å². The Labute approximate surface area is 111 Å². The standard InChI is InChI=1S/C14H16ClFN2/c1-11(16)14-17-8-10-18(14)9-2-3-12-4-6-13(15)7-5-12/h4-8,10-11H,2-3,9H2,1H3.